The Morgan fingerprint density at radius 1 is 1.43 bits per heavy atom. The van der Waals surface area contributed by atoms with Crippen LogP contribution in [0.25, 0.3) is 0 Å². The van der Waals surface area contributed by atoms with E-state index < -0.39 is 11.8 Å². The molecule has 0 saturated carbocycles. The van der Waals surface area contributed by atoms with Gasteiger partial charge in [-0.2, -0.15) is 0 Å². The number of hydrogen-bond acceptors (Lipinski definition) is 4. The van der Waals surface area contributed by atoms with Crippen LogP contribution in [0.3, 0.4) is 0 Å². The van der Waals surface area contributed by atoms with E-state index in [1.807, 2.05) is 0 Å². The Balaban J connectivity index is 2.07. The molecule has 0 bridgehead atoms. The summed E-state index contributed by atoms with van der Waals surface area (Å²) in [6.45, 7) is 1.63. The van der Waals surface area contributed by atoms with Gasteiger partial charge in [-0.05, 0) is 17.7 Å². The van der Waals surface area contributed by atoms with E-state index >= 15 is 0 Å². The summed E-state index contributed by atoms with van der Waals surface area (Å²) in [5.74, 6) is -1.31. The molecule has 0 radical (unpaired) electrons. The van der Waals surface area contributed by atoms with Gasteiger partial charge in [-0.3, -0.25) is 19.8 Å². The van der Waals surface area contributed by atoms with Crippen LogP contribution in [0.1, 0.15) is 18.9 Å². The second-order valence-corrected chi connectivity index (χ2v) is 4.63. The fourth-order valence-corrected chi connectivity index (χ4v) is 2.03. The summed E-state index contributed by atoms with van der Waals surface area (Å²) in [6.07, 6.45) is 0.529. The topological polar surface area (TPSA) is 75.7 Å². The van der Waals surface area contributed by atoms with Gasteiger partial charge in [0.1, 0.15) is 5.82 Å². The number of ether oxygens (including phenoxy) is 1. The van der Waals surface area contributed by atoms with Gasteiger partial charge in [0, 0.05) is 26.3 Å². The van der Waals surface area contributed by atoms with Crippen molar-refractivity contribution in [3.8, 4) is 0 Å². The average molecular weight is 294 g/mol. The van der Waals surface area contributed by atoms with Crippen LogP contribution in [0.5, 0.6) is 0 Å². The van der Waals surface area contributed by atoms with Gasteiger partial charge in [0.05, 0.1) is 12.3 Å². The lowest BCUT2D eigenvalue weighted by molar-refractivity contribution is -0.140. The molecule has 21 heavy (non-hydrogen) atoms. The molecule has 0 aliphatic carbocycles. The van der Waals surface area contributed by atoms with Gasteiger partial charge in [0.2, 0.25) is 5.91 Å². The highest BCUT2D eigenvalue weighted by Crippen LogP contribution is 2.22. The van der Waals surface area contributed by atoms with E-state index in [1.165, 1.54) is 24.0 Å². The van der Waals surface area contributed by atoms with Crippen molar-refractivity contribution >= 4 is 23.6 Å². The number of nitrogens with one attached hydrogen (secondary N) is 1. The van der Waals surface area contributed by atoms with Crippen molar-refractivity contribution in [1.29, 1.82) is 0 Å². The maximum atomic E-state index is 14.1. The van der Waals surface area contributed by atoms with Gasteiger partial charge in [0.25, 0.3) is 0 Å². The molecule has 1 saturated heterocycles. The first kappa shape index (κ1) is 15.0. The summed E-state index contributed by atoms with van der Waals surface area (Å²) < 4.78 is 18.9. The Labute approximate surface area is 120 Å². The summed E-state index contributed by atoms with van der Waals surface area (Å²) in [5, 5.41) is 2.14. The summed E-state index contributed by atoms with van der Waals surface area (Å²) in [6, 6.07) is 3.81. The number of esters is 1. The first-order valence-corrected chi connectivity index (χ1v) is 6.50. The Hall–Kier alpha value is -2.44. The van der Waals surface area contributed by atoms with Crippen LogP contribution in [0.15, 0.2) is 18.2 Å². The molecule has 0 spiro atoms. The summed E-state index contributed by atoms with van der Waals surface area (Å²) >= 11 is 0. The summed E-state index contributed by atoms with van der Waals surface area (Å²) in [5.41, 5.74) is 0.780. The van der Waals surface area contributed by atoms with Crippen LogP contribution in [-0.4, -0.2) is 31.1 Å². The fourth-order valence-electron chi connectivity index (χ4n) is 2.03. The van der Waals surface area contributed by atoms with E-state index in [2.05, 4.69) is 5.32 Å². The maximum absolute atomic E-state index is 14.1. The zero-order chi connectivity index (χ0) is 15.4. The van der Waals surface area contributed by atoms with Crippen molar-refractivity contribution in [2.45, 2.75) is 19.8 Å². The first-order chi connectivity index (χ1) is 9.97. The molecule has 0 unspecified atom stereocenters. The van der Waals surface area contributed by atoms with E-state index in [4.69, 9.17) is 4.74 Å². The molecule has 1 heterocycles. The van der Waals surface area contributed by atoms with Crippen LogP contribution in [0, 0.1) is 5.82 Å². The third-order valence-electron chi connectivity index (χ3n) is 3.05. The lowest BCUT2D eigenvalue weighted by atomic mass is 10.1. The number of hydrogen-bond donors (Lipinski definition) is 1. The van der Waals surface area contributed by atoms with Crippen LogP contribution in [0.4, 0.5) is 14.9 Å². The predicted octanol–water partition coefficient (Wildman–Crippen LogP) is 1.38. The van der Waals surface area contributed by atoms with Gasteiger partial charge >= 0.3 is 12.0 Å². The van der Waals surface area contributed by atoms with Crippen molar-refractivity contribution in [1.82, 2.24) is 5.32 Å². The maximum Gasteiger partial charge on any atom is 0.328 e. The average Bonchev–Trinajstić information content (AvgIpc) is 2.39. The second-order valence-electron chi connectivity index (χ2n) is 4.63. The molecule has 0 atom stereocenters. The Kier molecular flexibility index (Phi) is 4.52. The highest BCUT2D eigenvalue weighted by molar-refractivity contribution is 6.05. The fraction of sp³-hybridized carbons (Fsp3) is 0.357. The van der Waals surface area contributed by atoms with Gasteiger partial charge in [-0.15, -0.1) is 0 Å². The Morgan fingerprint density at radius 2 is 2.19 bits per heavy atom. The van der Waals surface area contributed by atoms with Gasteiger partial charge in [-0.25, -0.2) is 9.18 Å². The predicted molar refractivity (Wildman–Crippen MR) is 72.2 cm³/mol. The SMILES string of the molecule is CC(=O)OCCc1ccc(N2CCC(=O)NC2=O)c(F)c1. The smallest absolute Gasteiger partial charge is 0.328 e. The normalized spacial score (nSPS) is 14.9. The molecule has 1 aliphatic heterocycles. The molecule has 2 rings (SSSR count). The van der Waals surface area contributed by atoms with E-state index in [0.717, 1.165) is 0 Å². The number of carbonyl (C=O) groups is 3. The van der Waals surface area contributed by atoms with Gasteiger partial charge < -0.3 is 4.74 Å². The largest absolute Gasteiger partial charge is 0.466 e. The number of anilines is 1. The van der Waals surface area contributed by atoms with Crippen LogP contribution >= 0.6 is 0 Å². The lowest BCUT2D eigenvalue weighted by Gasteiger charge is -2.27. The van der Waals surface area contributed by atoms with Crippen LogP contribution < -0.4 is 10.2 Å². The molecule has 6 nitrogen and oxygen atoms in total. The Morgan fingerprint density at radius 3 is 2.81 bits per heavy atom. The van der Waals surface area contributed by atoms with Crippen molar-refractivity contribution in [2.75, 3.05) is 18.1 Å². The highest BCUT2D eigenvalue weighted by atomic mass is 19.1. The van der Waals surface area contributed by atoms with Crippen LogP contribution in [-0.2, 0) is 20.7 Å². The number of urea groups is 1. The molecular weight excluding hydrogens is 279 g/mol. The van der Waals surface area contributed by atoms with E-state index in [-0.39, 0.29) is 37.1 Å². The lowest BCUT2D eigenvalue weighted by Crippen LogP contribution is -2.49. The van der Waals surface area contributed by atoms with Gasteiger partial charge in [0.15, 0.2) is 0 Å². The zero-order valence-electron chi connectivity index (χ0n) is 11.5. The number of carbonyl (C=O) groups excluding carboxylic acids is 3. The molecular formula is C14H15FN2O4. The monoisotopic (exact) mass is 294 g/mol. The number of rotatable bonds is 4. The van der Waals surface area contributed by atoms with Crippen molar-refractivity contribution in [2.24, 2.45) is 0 Å². The molecule has 1 fully saturated rings. The third-order valence-corrected chi connectivity index (χ3v) is 3.05. The Bertz CT molecular complexity index is 588. The molecule has 1 aromatic carbocycles. The summed E-state index contributed by atoms with van der Waals surface area (Å²) in [4.78, 5) is 34.6. The second kappa shape index (κ2) is 6.34. The number of nitrogens with zero attached hydrogens (tertiary/aromatic N) is 1. The molecule has 3 amide bonds. The molecule has 112 valence electrons. The highest BCUT2D eigenvalue weighted by Gasteiger charge is 2.26. The third kappa shape index (κ3) is 3.77. The minimum atomic E-state index is -0.627. The molecule has 7 heteroatoms. The van der Waals surface area contributed by atoms with Gasteiger partial charge in [-0.1, -0.05) is 6.07 Å². The van der Waals surface area contributed by atoms with Crippen molar-refractivity contribution in [3.05, 3.63) is 29.6 Å². The van der Waals surface area contributed by atoms with Crippen molar-refractivity contribution in [3.63, 3.8) is 0 Å². The summed E-state index contributed by atoms with van der Waals surface area (Å²) in [7, 11) is 0. The molecule has 1 aliphatic rings. The van der Waals surface area contributed by atoms with Crippen molar-refractivity contribution < 1.29 is 23.5 Å². The van der Waals surface area contributed by atoms with E-state index in [9.17, 15) is 18.8 Å². The van der Waals surface area contributed by atoms with E-state index in [0.29, 0.717) is 12.0 Å². The van der Waals surface area contributed by atoms with E-state index in [1.54, 1.807) is 6.07 Å². The number of benzene rings is 1. The minimum absolute atomic E-state index is 0.122. The standard InChI is InChI=1S/C14H15FN2O4/c1-9(18)21-7-5-10-2-3-12(11(15)8-10)17-6-4-13(19)16-14(17)20/h2-3,8H,4-7H2,1H3,(H,16,19,20). The quantitative estimate of drug-likeness (QED) is 0.851. The minimum Gasteiger partial charge on any atom is -0.466 e. The number of halogens is 1. The number of imide groups is 1. The molecule has 0 aromatic heterocycles. The van der Waals surface area contributed by atoms with Crippen LogP contribution in [0.2, 0.25) is 0 Å². The molecule has 1 N–H and O–H groups in total. The zero-order valence-corrected chi connectivity index (χ0v) is 11.5. The first-order valence-electron chi connectivity index (χ1n) is 6.50. The molecule has 1 aromatic rings. The number of amides is 3.